The van der Waals surface area contributed by atoms with E-state index in [1.54, 1.807) is 6.92 Å². The lowest BCUT2D eigenvalue weighted by atomic mass is 10.1. The van der Waals surface area contributed by atoms with E-state index in [-0.39, 0.29) is 17.8 Å². The average Bonchev–Trinajstić information content (AvgIpc) is 2.21. The summed E-state index contributed by atoms with van der Waals surface area (Å²) in [7, 11) is 0. The van der Waals surface area contributed by atoms with Gasteiger partial charge in [-0.05, 0) is 13.0 Å². The molecule has 6 heteroatoms. The van der Waals surface area contributed by atoms with Crippen molar-refractivity contribution < 1.29 is 9.72 Å². The number of nitrogens with zero attached hydrogens (tertiary/aromatic N) is 1. The number of rotatable bonds is 2. The van der Waals surface area contributed by atoms with Gasteiger partial charge in [0.2, 0.25) is 5.91 Å². The molecule has 0 radical (unpaired) electrons. The van der Waals surface area contributed by atoms with E-state index in [1.807, 2.05) is 0 Å². The van der Waals surface area contributed by atoms with Gasteiger partial charge in [0.15, 0.2) is 0 Å². The van der Waals surface area contributed by atoms with Crippen LogP contribution in [0.1, 0.15) is 17.5 Å². The van der Waals surface area contributed by atoms with E-state index in [0.717, 1.165) is 0 Å². The molecule has 1 aromatic rings. The van der Waals surface area contributed by atoms with Crippen molar-refractivity contribution in [1.82, 2.24) is 0 Å². The van der Waals surface area contributed by atoms with Gasteiger partial charge in [0.25, 0.3) is 5.69 Å². The molecule has 0 bridgehead atoms. The second-order valence-electron chi connectivity index (χ2n) is 3.43. The topological polar surface area (TPSA) is 112 Å². The van der Waals surface area contributed by atoms with Gasteiger partial charge in [0, 0.05) is 17.2 Å². The van der Waals surface area contributed by atoms with Gasteiger partial charge in [-0.15, -0.1) is 0 Å². The number of carbonyl (C=O) groups is 1. The molecule has 0 aliphatic carbocycles. The maximum atomic E-state index is 10.6. The molecule has 1 rings (SSSR count). The first-order valence-corrected chi connectivity index (χ1v) is 4.73. The third-order valence-electron chi connectivity index (χ3n) is 2.05. The summed E-state index contributed by atoms with van der Waals surface area (Å²) in [5, 5.41) is 10.6. The number of primary amides is 1. The lowest BCUT2D eigenvalue weighted by molar-refractivity contribution is -0.385. The summed E-state index contributed by atoms with van der Waals surface area (Å²) in [6.07, 6.45) is -0.0739. The molecule has 1 amide bonds. The van der Waals surface area contributed by atoms with Gasteiger partial charge >= 0.3 is 0 Å². The minimum Gasteiger partial charge on any atom is -0.398 e. The van der Waals surface area contributed by atoms with Crippen molar-refractivity contribution in [3.63, 3.8) is 0 Å². The average molecular weight is 233 g/mol. The van der Waals surface area contributed by atoms with Gasteiger partial charge in [-0.1, -0.05) is 11.8 Å². The van der Waals surface area contributed by atoms with Crippen LogP contribution in [-0.4, -0.2) is 10.8 Å². The third kappa shape index (κ3) is 3.21. The highest BCUT2D eigenvalue weighted by Crippen LogP contribution is 2.23. The Labute approximate surface area is 97.7 Å². The van der Waals surface area contributed by atoms with Crippen LogP contribution in [-0.2, 0) is 4.79 Å². The first-order chi connectivity index (χ1) is 7.91. The Kier molecular flexibility index (Phi) is 3.67. The van der Waals surface area contributed by atoms with Crippen LogP contribution < -0.4 is 11.5 Å². The van der Waals surface area contributed by atoms with Crippen LogP contribution in [0.3, 0.4) is 0 Å². The fraction of sp³-hybridized carbons (Fsp3) is 0.182. The Morgan fingerprint density at radius 3 is 2.71 bits per heavy atom. The van der Waals surface area contributed by atoms with Crippen molar-refractivity contribution in [2.45, 2.75) is 13.3 Å². The largest absolute Gasteiger partial charge is 0.398 e. The molecular weight excluding hydrogens is 222 g/mol. The lowest BCUT2D eigenvalue weighted by Gasteiger charge is -2.01. The smallest absolute Gasteiger partial charge is 0.274 e. The lowest BCUT2D eigenvalue weighted by Crippen LogP contribution is -2.08. The maximum Gasteiger partial charge on any atom is 0.274 e. The molecule has 0 unspecified atom stereocenters. The Morgan fingerprint density at radius 2 is 2.18 bits per heavy atom. The number of hydrogen-bond acceptors (Lipinski definition) is 4. The molecule has 17 heavy (non-hydrogen) atoms. The van der Waals surface area contributed by atoms with Crippen molar-refractivity contribution in [2.75, 3.05) is 5.73 Å². The summed E-state index contributed by atoms with van der Waals surface area (Å²) >= 11 is 0. The summed E-state index contributed by atoms with van der Waals surface area (Å²) in [6.45, 7) is 1.59. The number of amides is 1. The van der Waals surface area contributed by atoms with E-state index in [2.05, 4.69) is 11.8 Å². The number of nitrogens with two attached hydrogens (primary N) is 2. The Morgan fingerprint density at radius 1 is 1.53 bits per heavy atom. The number of carbonyl (C=O) groups excluding carboxylic acids is 1. The monoisotopic (exact) mass is 233 g/mol. The van der Waals surface area contributed by atoms with Crippen LogP contribution in [0.5, 0.6) is 0 Å². The van der Waals surface area contributed by atoms with Gasteiger partial charge < -0.3 is 11.5 Å². The van der Waals surface area contributed by atoms with Crippen LogP contribution in [0.2, 0.25) is 0 Å². The highest BCUT2D eigenvalue weighted by Gasteiger charge is 2.12. The fourth-order valence-corrected chi connectivity index (χ4v) is 1.24. The number of nitrogen functional groups attached to an aromatic ring is 1. The van der Waals surface area contributed by atoms with Gasteiger partial charge in [0.05, 0.1) is 17.0 Å². The predicted molar refractivity (Wildman–Crippen MR) is 62.9 cm³/mol. The van der Waals surface area contributed by atoms with Gasteiger partial charge in [0.1, 0.15) is 0 Å². The van der Waals surface area contributed by atoms with E-state index in [0.29, 0.717) is 11.1 Å². The van der Waals surface area contributed by atoms with Crippen molar-refractivity contribution >= 4 is 17.3 Å². The van der Waals surface area contributed by atoms with Crippen molar-refractivity contribution in [1.29, 1.82) is 0 Å². The van der Waals surface area contributed by atoms with Crippen molar-refractivity contribution in [2.24, 2.45) is 5.73 Å². The molecule has 0 spiro atoms. The van der Waals surface area contributed by atoms with Crippen LogP contribution in [0.15, 0.2) is 12.1 Å². The third-order valence-corrected chi connectivity index (χ3v) is 2.05. The van der Waals surface area contributed by atoms with Crippen LogP contribution in [0.25, 0.3) is 0 Å². The van der Waals surface area contributed by atoms with Gasteiger partial charge in [-0.3, -0.25) is 14.9 Å². The van der Waals surface area contributed by atoms with E-state index in [1.165, 1.54) is 12.1 Å². The first kappa shape index (κ1) is 12.5. The van der Waals surface area contributed by atoms with E-state index in [9.17, 15) is 14.9 Å². The molecule has 4 N–H and O–H groups in total. The Balaban J connectivity index is 3.10. The summed E-state index contributed by atoms with van der Waals surface area (Å²) in [5.41, 5.74) is 11.6. The van der Waals surface area contributed by atoms with Crippen molar-refractivity contribution in [3.8, 4) is 11.8 Å². The van der Waals surface area contributed by atoms with E-state index >= 15 is 0 Å². The van der Waals surface area contributed by atoms with E-state index in [4.69, 9.17) is 11.5 Å². The fourth-order valence-electron chi connectivity index (χ4n) is 1.24. The molecule has 0 fully saturated rings. The standard InChI is InChI=1S/C11H11N3O3/c1-7-5-8(3-2-4-11(13)15)9(12)6-10(7)14(16)17/h5-6H,4,12H2,1H3,(H2,13,15). The van der Waals surface area contributed by atoms with Gasteiger partial charge in [-0.2, -0.15) is 0 Å². The summed E-state index contributed by atoms with van der Waals surface area (Å²) in [6, 6.07) is 2.77. The number of nitro benzene ring substituents is 1. The Hall–Kier alpha value is -2.55. The number of nitro groups is 1. The molecule has 88 valence electrons. The minimum absolute atomic E-state index is 0.0528. The number of hydrogen-bond donors (Lipinski definition) is 2. The predicted octanol–water partition coefficient (Wildman–Crippen LogP) is 0.712. The highest BCUT2D eigenvalue weighted by atomic mass is 16.6. The molecule has 0 aliphatic rings. The molecule has 0 aliphatic heterocycles. The molecular formula is C11H11N3O3. The summed E-state index contributed by atoms with van der Waals surface area (Å²) in [5.74, 6) is 4.66. The molecule has 0 saturated heterocycles. The molecule has 0 aromatic heterocycles. The maximum absolute atomic E-state index is 10.6. The zero-order valence-electron chi connectivity index (χ0n) is 9.19. The second kappa shape index (κ2) is 4.99. The van der Waals surface area contributed by atoms with Crippen LogP contribution in [0, 0.1) is 28.9 Å². The molecule has 6 nitrogen and oxygen atoms in total. The van der Waals surface area contributed by atoms with Crippen LogP contribution >= 0.6 is 0 Å². The van der Waals surface area contributed by atoms with Crippen LogP contribution in [0.4, 0.5) is 11.4 Å². The SMILES string of the molecule is Cc1cc(C#CCC(N)=O)c(N)cc1[N+](=O)[O-]. The highest BCUT2D eigenvalue weighted by molar-refractivity contribution is 5.77. The zero-order chi connectivity index (χ0) is 13.0. The van der Waals surface area contributed by atoms with Crippen molar-refractivity contribution in [3.05, 3.63) is 33.4 Å². The molecule has 0 saturated carbocycles. The molecule has 0 heterocycles. The summed E-state index contributed by atoms with van der Waals surface area (Å²) in [4.78, 5) is 20.6. The zero-order valence-corrected chi connectivity index (χ0v) is 9.19. The number of anilines is 1. The number of aryl methyl sites for hydroxylation is 1. The molecule has 1 aromatic carbocycles. The van der Waals surface area contributed by atoms with Gasteiger partial charge in [-0.25, -0.2) is 0 Å². The minimum atomic E-state index is -0.533. The number of benzene rings is 1. The normalized spacial score (nSPS) is 9.24. The second-order valence-corrected chi connectivity index (χ2v) is 3.43. The quantitative estimate of drug-likeness (QED) is 0.339. The summed E-state index contributed by atoms with van der Waals surface area (Å²) < 4.78 is 0. The first-order valence-electron chi connectivity index (χ1n) is 4.73. The molecule has 0 atom stereocenters. The van der Waals surface area contributed by atoms with E-state index < -0.39 is 10.8 Å². The Bertz CT molecular complexity index is 541.